The van der Waals surface area contributed by atoms with E-state index in [4.69, 9.17) is 9.31 Å². The second-order valence-electron chi connectivity index (χ2n) is 2.09. The molecule has 0 saturated carbocycles. The normalized spacial score (nSPS) is 24.9. The summed E-state index contributed by atoms with van der Waals surface area (Å²) in [6.07, 6.45) is -0.0831. The van der Waals surface area contributed by atoms with Crippen LogP contribution in [0.3, 0.4) is 0 Å². The first-order valence-corrected chi connectivity index (χ1v) is 3.15. The van der Waals surface area contributed by atoms with Gasteiger partial charge in [-0.15, -0.1) is 0 Å². The fraction of sp³-hybridized carbons (Fsp3) is 0.800. The van der Waals surface area contributed by atoms with E-state index in [1.54, 1.807) is 6.82 Å². The van der Waals surface area contributed by atoms with E-state index in [1.165, 1.54) is 0 Å². The molecule has 1 unspecified atom stereocenters. The zero-order chi connectivity index (χ0) is 7.40. The Balaban J connectivity index is 2.12. The van der Waals surface area contributed by atoms with E-state index < -0.39 is 0 Å². The predicted octanol–water partition coefficient (Wildman–Crippen LogP) is -0.307. The fourth-order valence-electron chi connectivity index (χ4n) is 0.826. The minimum atomic E-state index is -0.166. The van der Waals surface area contributed by atoms with Crippen molar-refractivity contribution in [2.45, 2.75) is 12.9 Å². The van der Waals surface area contributed by atoms with Crippen molar-refractivity contribution in [2.24, 2.45) is 0 Å². The predicted molar refractivity (Wildman–Crippen MR) is 34.5 cm³/mol. The molecule has 10 heavy (non-hydrogen) atoms. The molecule has 1 saturated heterocycles. The minimum Gasteiger partial charge on any atom is -0.465 e. The third-order valence-electron chi connectivity index (χ3n) is 1.25. The minimum absolute atomic E-state index is 0.0831. The zero-order valence-electron chi connectivity index (χ0n) is 5.78. The Morgan fingerprint density at radius 1 is 1.90 bits per heavy atom. The molecule has 0 spiro atoms. The Morgan fingerprint density at radius 3 is 3.20 bits per heavy atom. The molecule has 0 aromatic heterocycles. The van der Waals surface area contributed by atoms with E-state index in [9.17, 15) is 4.79 Å². The summed E-state index contributed by atoms with van der Waals surface area (Å²) in [6, 6.07) is 0. The van der Waals surface area contributed by atoms with Crippen molar-refractivity contribution in [1.29, 1.82) is 0 Å². The lowest BCUT2D eigenvalue weighted by Gasteiger charge is -2.05. The highest BCUT2D eigenvalue weighted by Crippen LogP contribution is 2.07. The Kier molecular flexibility index (Phi) is 2.71. The summed E-state index contributed by atoms with van der Waals surface area (Å²) in [6.45, 7) is 3.01. The van der Waals surface area contributed by atoms with Gasteiger partial charge < -0.3 is 14.0 Å². The van der Waals surface area contributed by atoms with Crippen molar-refractivity contribution in [3.8, 4) is 0 Å². The second kappa shape index (κ2) is 3.58. The molecule has 56 valence electrons. The quantitative estimate of drug-likeness (QED) is 0.402. The first-order chi connectivity index (χ1) is 4.83. The maximum atomic E-state index is 9.72. The summed E-state index contributed by atoms with van der Waals surface area (Å²) < 4.78 is 14.7. The SMILES string of the molecule is CB1OCC(COC=O)O1. The van der Waals surface area contributed by atoms with Gasteiger partial charge in [0.1, 0.15) is 6.61 Å². The Morgan fingerprint density at radius 2 is 2.70 bits per heavy atom. The van der Waals surface area contributed by atoms with Crippen LogP contribution in [-0.2, 0) is 18.8 Å². The summed E-state index contributed by atoms with van der Waals surface area (Å²) in [5, 5.41) is 0. The molecule has 0 amide bonds. The van der Waals surface area contributed by atoms with Crippen LogP contribution in [0.1, 0.15) is 0 Å². The summed E-state index contributed by atoms with van der Waals surface area (Å²) >= 11 is 0. The number of hydrogen-bond donors (Lipinski definition) is 0. The average Bonchev–Trinajstić information content (AvgIpc) is 2.31. The highest BCUT2D eigenvalue weighted by Gasteiger charge is 2.26. The first-order valence-electron chi connectivity index (χ1n) is 3.15. The van der Waals surface area contributed by atoms with Crippen molar-refractivity contribution in [2.75, 3.05) is 13.2 Å². The lowest BCUT2D eigenvalue weighted by Crippen LogP contribution is -2.18. The van der Waals surface area contributed by atoms with Crippen LogP contribution in [0.15, 0.2) is 0 Å². The van der Waals surface area contributed by atoms with E-state index in [2.05, 4.69) is 4.74 Å². The van der Waals surface area contributed by atoms with Crippen LogP contribution in [0.25, 0.3) is 0 Å². The van der Waals surface area contributed by atoms with Crippen LogP contribution in [0, 0.1) is 0 Å². The number of carbonyl (C=O) groups excluding carboxylic acids is 1. The molecular formula is C5H9BO4. The van der Waals surface area contributed by atoms with E-state index >= 15 is 0 Å². The number of carbonyl (C=O) groups is 1. The smallest absolute Gasteiger partial charge is 0.454 e. The van der Waals surface area contributed by atoms with Gasteiger partial charge >= 0.3 is 7.12 Å². The first kappa shape index (κ1) is 7.56. The lowest BCUT2D eigenvalue weighted by atomic mass is 9.97. The molecule has 1 heterocycles. The molecule has 4 nitrogen and oxygen atoms in total. The highest BCUT2D eigenvalue weighted by atomic mass is 16.7. The summed E-state index contributed by atoms with van der Waals surface area (Å²) in [5.41, 5.74) is 0. The van der Waals surface area contributed by atoms with Crippen molar-refractivity contribution in [3.05, 3.63) is 0 Å². The van der Waals surface area contributed by atoms with Crippen molar-refractivity contribution >= 4 is 13.6 Å². The molecule has 1 atom stereocenters. The average molecular weight is 144 g/mol. The molecule has 1 aliphatic rings. The third kappa shape index (κ3) is 2.00. The maximum Gasteiger partial charge on any atom is 0.454 e. The van der Waals surface area contributed by atoms with Gasteiger partial charge in [0.05, 0.1) is 12.7 Å². The van der Waals surface area contributed by atoms with E-state index in [0.717, 1.165) is 0 Å². The highest BCUT2D eigenvalue weighted by molar-refractivity contribution is 6.43. The molecule has 0 aromatic rings. The summed E-state index contributed by atoms with van der Waals surface area (Å²) in [4.78, 5) is 9.72. The van der Waals surface area contributed by atoms with Crippen molar-refractivity contribution < 1.29 is 18.8 Å². The van der Waals surface area contributed by atoms with Gasteiger partial charge in [-0.3, -0.25) is 4.79 Å². The molecule has 5 heteroatoms. The largest absolute Gasteiger partial charge is 0.465 e. The van der Waals surface area contributed by atoms with E-state index in [1.807, 2.05) is 0 Å². The summed E-state index contributed by atoms with van der Waals surface area (Å²) in [7, 11) is -0.166. The van der Waals surface area contributed by atoms with Gasteiger partial charge in [-0.05, 0) is 6.82 Å². The van der Waals surface area contributed by atoms with Crippen LogP contribution in [0.2, 0.25) is 6.82 Å². The van der Waals surface area contributed by atoms with Crippen LogP contribution in [0.4, 0.5) is 0 Å². The monoisotopic (exact) mass is 144 g/mol. The topological polar surface area (TPSA) is 44.8 Å². The molecule has 1 fully saturated rings. The molecule has 1 aliphatic heterocycles. The Labute approximate surface area is 59.6 Å². The van der Waals surface area contributed by atoms with E-state index in [0.29, 0.717) is 13.1 Å². The van der Waals surface area contributed by atoms with Crippen LogP contribution in [-0.4, -0.2) is 32.9 Å². The molecule has 1 rings (SSSR count). The molecule has 0 bridgehead atoms. The number of rotatable bonds is 3. The van der Waals surface area contributed by atoms with Crippen molar-refractivity contribution in [3.63, 3.8) is 0 Å². The summed E-state index contributed by atoms with van der Waals surface area (Å²) in [5.74, 6) is 0. The third-order valence-corrected chi connectivity index (χ3v) is 1.25. The van der Waals surface area contributed by atoms with Crippen molar-refractivity contribution in [1.82, 2.24) is 0 Å². The maximum absolute atomic E-state index is 9.72. The van der Waals surface area contributed by atoms with Gasteiger partial charge in [0, 0.05) is 0 Å². The number of ether oxygens (including phenoxy) is 1. The molecule has 0 aliphatic carbocycles. The van der Waals surface area contributed by atoms with Gasteiger partial charge in [0.25, 0.3) is 6.47 Å². The number of hydrogen-bond acceptors (Lipinski definition) is 4. The molecule has 0 aromatic carbocycles. The van der Waals surface area contributed by atoms with E-state index in [-0.39, 0.29) is 19.8 Å². The molecule has 0 radical (unpaired) electrons. The van der Waals surface area contributed by atoms with Gasteiger partial charge in [-0.2, -0.15) is 0 Å². The second-order valence-corrected chi connectivity index (χ2v) is 2.09. The zero-order valence-corrected chi connectivity index (χ0v) is 5.78. The molecular weight excluding hydrogens is 135 g/mol. The van der Waals surface area contributed by atoms with Gasteiger partial charge in [-0.25, -0.2) is 0 Å². The van der Waals surface area contributed by atoms with Gasteiger partial charge in [0.15, 0.2) is 0 Å². The Hall–Kier alpha value is -0.545. The fourth-order valence-corrected chi connectivity index (χ4v) is 0.826. The standard InChI is InChI=1S/C5H9BO4/c1-6-9-3-5(10-6)2-8-4-7/h4-5H,2-3H2,1H3. The Bertz CT molecular complexity index is 118. The lowest BCUT2D eigenvalue weighted by molar-refractivity contribution is -0.130. The van der Waals surface area contributed by atoms with Crippen LogP contribution >= 0.6 is 0 Å². The van der Waals surface area contributed by atoms with Crippen LogP contribution in [0.5, 0.6) is 0 Å². The van der Waals surface area contributed by atoms with Gasteiger partial charge in [0.2, 0.25) is 0 Å². The van der Waals surface area contributed by atoms with Crippen LogP contribution < -0.4 is 0 Å². The van der Waals surface area contributed by atoms with Gasteiger partial charge in [-0.1, -0.05) is 0 Å². The molecule has 0 N–H and O–H groups in total.